The first-order chi connectivity index (χ1) is 10.3. The maximum absolute atomic E-state index is 5.64. The lowest BCUT2D eigenvalue weighted by Crippen LogP contribution is -2.23. The second-order valence-corrected chi connectivity index (χ2v) is 5.34. The van der Waals surface area contributed by atoms with Crippen LogP contribution in [0.4, 0.5) is 11.9 Å². The summed E-state index contributed by atoms with van der Waals surface area (Å²) in [5, 5.41) is 0. The molecule has 0 atom stereocenters. The van der Waals surface area contributed by atoms with Crippen molar-refractivity contribution >= 4 is 11.9 Å². The van der Waals surface area contributed by atoms with E-state index in [1.54, 1.807) is 0 Å². The maximum Gasteiger partial charge on any atom is 0.323 e. The quantitative estimate of drug-likeness (QED) is 0.409. The molecule has 1 fully saturated rings. The summed E-state index contributed by atoms with van der Waals surface area (Å²) in [6.07, 6.45) is 8.34. The van der Waals surface area contributed by atoms with E-state index in [-0.39, 0.29) is 0 Å². The van der Waals surface area contributed by atoms with Crippen LogP contribution in [0.25, 0.3) is 0 Å². The van der Waals surface area contributed by atoms with Gasteiger partial charge in [-0.1, -0.05) is 32.6 Å². The van der Waals surface area contributed by atoms with E-state index in [2.05, 4.69) is 32.2 Å². The zero-order chi connectivity index (χ0) is 14.9. The van der Waals surface area contributed by atoms with Crippen molar-refractivity contribution in [3.63, 3.8) is 0 Å². The lowest BCUT2D eigenvalue weighted by molar-refractivity contribution is 0.281. The number of aromatic nitrogens is 3. The van der Waals surface area contributed by atoms with Gasteiger partial charge in [-0.05, 0) is 19.3 Å². The highest BCUT2D eigenvalue weighted by atomic mass is 16.5. The molecule has 21 heavy (non-hydrogen) atoms. The summed E-state index contributed by atoms with van der Waals surface area (Å²) in [5.74, 6) is 6.42. The van der Waals surface area contributed by atoms with Gasteiger partial charge < -0.3 is 9.64 Å². The highest BCUT2D eigenvalue weighted by Gasteiger charge is 2.17. The summed E-state index contributed by atoms with van der Waals surface area (Å²) in [6.45, 7) is 4.80. The Morgan fingerprint density at radius 2 is 1.86 bits per heavy atom. The first-order valence-electron chi connectivity index (χ1n) is 7.94. The van der Waals surface area contributed by atoms with Crippen molar-refractivity contribution in [1.29, 1.82) is 0 Å². The number of unbranched alkanes of at least 4 members (excludes halogenated alkanes) is 4. The van der Waals surface area contributed by atoms with Crippen LogP contribution in [-0.2, 0) is 0 Å². The van der Waals surface area contributed by atoms with Gasteiger partial charge in [-0.15, -0.1) is 0 Å². The van der Waals surface area contributed by atoms with Gasteiger partial charge in [0.05, 0.1) is 6.61 Å². The van der Waals surface area contributed by atoms with E-state index in [1.807, 2.05) is 0 Å². The van der Waals surface area contributed by atoms with Crippen LogP contribution in [0.2, 0.25) is 0 Å². The molecule has 118 valence electrons. The zero-order valence-corrected chi connectivity index (χ0v) is 12.8. The van der Waals surface area contributed by atoms with Crippen molar-refractivity contribution in [3.8, 4) is 6.01 Å². The Bertz CT molecular complexity index is 422. The molecule has 2 rings (SSSR count). The number of hydrazine groups is 1. The molecule has 0 bridgehead atoms. The summed E-state index contributed by atoms with van der Waals surface area (Å²) in [7, 11) is 0. The Hall–Kier alpha value is -1.63. The zero-order valence-electron chi connectivity index (χ0n) is 12.8. The minimum absolute atomic E-state index is 0.355. The summed E-state index contributed by atoms with van der Waals surface area (Å²) in [6, 6.07) is 0.357. The Labute approximate surface area is 126 Å². The predicted molar refractivity (Wildman–Crippen MR) is 83.3 cm³/mol. The van der Waals surface area contributed by atoms with E-state index in [4.69, 9.17) is 10.6 Å². The molecule has 2 heterocycles. The number of rotatable bonds is 9. The van der Waals surface area contributed by atoms with Crippen molar-refractivity contribution in [2.24, 2.45) is 5.84 Å². The van der Waals surface area contributed by atoms with E-state index in [0.717, 1.165) is 19.5 Å². The topological polar surface area (TPSA) is 89.2 Å². The number of nitrogens with two attached hydrogens (primary N) is 1. The molecule has 1 aromatic rings. The molecule has 7 nitrogen and oxygen atoms in total. The molecule has 1 aliphatic rings. The summed E-state index contributed by atoms with van der Waals surface area (Å²) in [4.78, 5) is 15.0. The van der Waals surface area contributed by atoms with Gasteiger partial charge >= 0.3 is 6.01 Å². The molecule has 0 unspecified atom stereocenters. The van der Waals surface area contributed by atoms with Gasteiger partial charge in [0.2, 0.25) is 11.9 Å². The molecule has 7 heteroatoms. The normalized spacial score (nSPS) is 14.5. The third-order valence-corrected chi connectivity index (χ3v) is 3.60. The number of nitrogens with one attached hydrogen (secondary N) is 1. The molecule has 1 saturated heterocycles. The Morgan fingerprint density at radius 1 is 1.10 bits per heavy atom. The van der Waals surface area contributed by atoms with Crippen molar-refractivity contribution in [3.05, 3.63) is 0 Å². The fourth-order valence-electron chi connectivity index (χ4n) is 2.40. The van der Waals surface area contributed by atoms with Gasteiger partial charge in [-0.2, -0.15) is 15.0 Å². The minimum Gasteiger partial charge on any atom is -0.463 e. The van der Waals surface area contributed by atoms with Gasteiger partial charge in [0.25, 0.3) is 0 Å². The lowest BCUT2D eigenvalue weighted by atomic mass is 10.2. The second kappa shape index (κ2) is 8.61. The average Bonchev–Trinajstić information content (AvgIpc) is 3.05. The SMILES string of the molecule is CCCCCCCOc1nc(NN)nc(N2CCCC2)n1. The molecule has 1 aliphatic heterocycles. The van der Waals surface area contributed by atoms with Crippen LogP contribution >= 0.6 is 0 Å². The van der Waals surface area contributed by atoms with Crippen molar-refractivity contribution in [2.75, 3.05) is 30.0 Å². The van der Waals surface area contributed by atoms with Crippen LogP contribution in [0, 0.1) is 0 Å². The molecule has 0 aromatic carbocycles. The highest BCUT2D eigenvalue weighted by Crippen LogP contribution is 2.19. The Morgan fingerprint density at radius 3 is 2.57 bits per heavy atom. The largest absolute Gasteiger partial charge is 0.463 e. The third-order valence-electron chi connectivity index (χ3n) is 3.60. The van der Waals surface area contributed by atoms with Crippen LogP contribution in [0.15, 0.2) is 0 Å². The predicted octanol–water partition coefficient (Wildman–Crippen LogP) is 2.11. The smallest absolute Gasteiger partial charge is 0.323 e. The molecule has 0 spiro atoms. The van der Waals surface area contributed by atoms with Gasteiger partial charge in [0.15, 0.2) is 0 Å². The molecular formula is C14H26N6O. The van der Waals surface area contributed by atoms with Crippen LogP contribution in [0.3, 0.4) is 0 Å². The van der Waals surface area contributed by atoms with Gasteiger partial charge in [0, 0.05) is 13.1 Å². The van der Waals surface area contributed by atoms with E-state index in [0.29, 0.717) is 24.5 Å². The molecule has 3 N–H and O–H groups in total. The third kappa shape index (κ3) is 5.00. The molecule has 0 saturated carbocycles. The first-order valence-corrected chi connectivity index (χ1v) is 7.94. The van der Waals surface area contributed by atoms with Gasteiger partial charge in [-0.25, -0.2) is 5.84 Å². The van der Waals surface area contributed by atoms with E-state index in [1.165, 1.54) is 38.5 Å². The molecule has 0 amide bonds. The second-order valence-electron chi connectivity index (χ2n) is 5.34. The standard InChI is InChI=1S/C14H26N6O/c1-2-3-4-5-8-11-21-14-17-12(19-15)16-13(18-14)20-9-6-7-10-20/h2-11,15H2,1H3,(H,16,17,18,19). The molecule has 1 aromatic heterocycles. The van der Waals surface area contributed by atoms with E-state index >= 15 is 0 Å². The molecule has 0 aliphatic carbocycles. The summed E-state index contributed by atoms with van der Waals surface area (Å²) in [5.41, 5.74) is 2.48. The Kier molecular flexibility index (Phi) is 6.46. The van der Waals surface area contributed by atoms with Crippen molar-refractivity contribution < 1.29 is 4.74 Å². The fourth-order valence-corrected chi connectivity index (χ4v) is 2.40. The van der Waals surface area contributed by atoms with Crippen LogP contribution in [0.5, 0.6) is 6.01 Å². The van der Waals surface area contributed by atoms with Crippen LogP contribution in [0.1, 0.15) is 51.9 Å². The minimum atomic E-state index is 0.355. The number of hydrogen-bond donors (Lipinski definition) is 2. The van der Waals surface area contributed by atoms with E-state index < -0.39 is 0 Å². The maximum atomic E-state index is 5.64. The molecular weight excluding hydrogens is 268 g/mol. The number of hydrogen-bond acceptors (Lipinski definition) is 7. The number of anilines is 2. The number of nitrogens with zero attached hydrogens (tertiary/aromatic N) is 4. The van der Waals surface area contributed by atoms with Crippen molar-refractivity contribution in [2.45, 2.75) is 51.9 Å². The molecule has 0 radical (unpaired) electrons. The summed E-state index contributed by atoms with van der Waals surface area (Å²) >= 11 is 0. The number of nitrogen functional groups attached to an aromatic ring is 1. The fraction of sp³-hybridized carbons (Fsp3) is 0.786. The van der Waals surface area contributed by atoms with Crippen molar-refractivity contribution in [1.82, 2.24) is 15.0 Å². The highest BCUT2D eigenvalue weighted by molar-refractivity contribution is 5.38. The number of ether oxygens (including phenoxy) is 1. The average molecular weight is 294 g/mol. The lowest BCUT2D eigenvalue weighted by Gasteiger charge is -2.16. The Balaban J connectivity index is 1.87. The van der Waals surface area contributed by atoms with E-state index in [9.17, 15) is 0 Å². The van der Waals surface area contributed by atoms with Gasteiger partial charge in [0.1, 0.15) is 0 Å². The van der Waals surface area contributed by atoms with Gasteiger partial charge in [-0.3, -0.25) is 5.43 Å². The first kappa shape index (κ1) is 15.8. The monoisotopic (exact) mass is 294 g/mol. The summed E-state index contributed by atoms with van der Waals surface area (Å²) < 4.78 is 5.64. The van der Waals surface area contributed by atoms with Crippen LogP contribution in [-0.4, -0.2) is 34.6 Å². The van der Waals surface area contributed by atoms with Crippen LogP contribution < -0.4 is 20.9 Å².